The van der Waals surface area contributed by atoms with Gasteiger partial charge in [-0.3, -0.25) is 9.59 Å². The molecule has 35 heavy (non-hydrogen) atoms. The standard InChI is InChI=1S/C29H26ClN3O2/c30-24-15-8-7-14-23(24)29(35)31-25(21-10-3-1-4-11-21)20-27(34)33-19-18-32-17-9-16-26(32)28(33)22-12-5-2-6-13-22/h1-17,25,28H,18-20H2,(H,31,35). The van der Waals surface area contributed by atoms with Gasteiger partial charge in [0.25, 0.3) is 5.91 Å². The predicted octanol–water partition coefficient (Wildman–Crippen LogP) is 5.63. The maximum Gasteiger partial charge on any atom is 0.253 e. The summed E-state index contributed by atoms with van der Waals surface area (Å²) in [7, 11) is 0. The van der Waals surface area contributed by atoms with E-state index in [-0.39, 0.29) is 24.3 Å². The van der Waals surface area contributed by atoms with Crippen LogP contribution in [0.1, 0.15) is 45.7 Å². The van der Waals surface area contributed by atoms with E-state index in [2.05, 4.69) is 34.3 Å². The number of aromatic nitrogens is 1. The van der Waals surface area contributed by atoms with Crippen LogP contribution in [-0.2, 0) is 11.3 Å². The van der Waals surface area contributed by atoms with E-state index < -0.39 is 6.04 Å². The number of benzene rings is 3. The zero-order valence-electron chi connectivity index (χ0n) is 19.2. The van der Waals surface area contributed by atoms with E-state index in [4.69, 9.17) is 11.6 Å². The van der Waals surface area contributed by atoms with Gasteiger partial charge in [-0.25, -0.2) is 0 Å². The predicted molar refractivity (Wildman–Crippen MR) is 137 cm³/mol. The van der Waals surface area contributed by atoms with Crippen LogP contribution in [0.5, 0.6) is 0 Å². The Labute approximate surface area is 210 Å². The van der Waals surface area contributed by atoms with E-state index in [1.165, 1.54) is 0 Å². The molecule has 4 aromatic rings. The van der Waals surface area contributed by atoms with E-state index in [9.17, 15) is 9.59 Å². The van der Waals surface area contributed by atoms with Crippen LogP contribution < -0.4 is 5.32 Å². The molecule has 0 saturated heterocycles. The van der Waals surface area contributed by atoms with Gasteiger partial charge in [-0.05, 0) is 35.4 Å². The molecule has 0 bridgehead atoms. The molecule has 3 aromatic carbocycles. The van der Waals surface area contributed by atoms with Crippen molar-refractivity contribution in [2.24, 2.45) is 0 Å². The molecule has 0 spiro atoms. The molecule has 1 aliphatic rings. The third-order valence-electron chi connectivity index (χ3n) is 6.48. The fraction of sp³-hybridized carbons (Fsp3) is 0.172. The van der Waals surface area contributed by atoms with Gasteiger partial charge in [0.15, 0.2) is 0 Å². The number of halogens is 1. The van der Waals surface area contributed by atoms with Crippen LogP contribution in [0, 0.1) is 0 Å². The molecule has 1 N–H and O–H groups in total. The first kappa shape index (κ1) is 22.9. The number of carbonyl (C=O) groups is 2. The maximum absolute atomic E-state index is 13.8. The monoisotopic (exact) mass is 483 g/mol. The van der Waals surface area contributed by atoms with Crippen LogP contribution in [0.15, 0.2) is 103 Å². The van der Waals surface area contributed by atoms with Gasteiger partial charge in [-0.2, -0.15) is 0 Å². The lowest BCUT2D eigenvalue weighted by atomic mass is 9.97. The second kappa shape index (κ2) is 10.2. The fourth-order valence-electron chi connectivity index (χ4n) is 4.75. The summed E-state index contributed by atoms with van der Waals surface area (Å²) < 4.78 is 2.20. The average molecular weight is 484 g/mol. The second-order valence-corrected chi connectivity index (χ2v) is 9.05. The first-order chi connectivity index (χ1) is 17.1. The smallest absolute Gasteiger partial charge is 0.253 e. The normalized spacial score (nSPS) is 15.8. The molecule has 0 radical (unpaired) electrons. The van der Waals surface area contributed by atoms with Crippen LogP contribution in [0.4, 0.5) is 0 Å². The Morgan fingerprint density at radius 1 is 0.857 bits per heavy atom. The highest BCUT2D eigenvalue weighted by Crippen LogP contribution is 2.34. The Morgan fingerprint density at radius 3 is 2.29 bits per heavy atom. The number of amides is 2. The molecule has 2 heterocycles. The molecule has 0 aliphatic carbocycles. The minimum Gasteiger partial charge on any atom is -0.348 e. The summed E-state index contributed by atoms with van der Waals surface area (Å²) in [6, 6.07) is 30.1. The summed E-state index contributed by atoms with van der Waals surface area (Å²) in [5.41, 5.74) is 3.42. The van der Waals surface area contributed by atoms with Gasteiger partial charge < -0.3 is 14.8 Å². The summed E-state index contributed by atoms with van der Waals surface area (Å²) in [6.07, 6.45) is 2.20. The molecule has 2 amide bonds. The van der Waals surface area contributed by atoms with Gasteiger partial charge in [0.2, 0.25) is 5.91 Å². The second-order valence-electron chi connectivity index (χ2n) is 8.65. The van der Waals surface area contributed by atoms with Crippen molar-refractivity contribution in [2.75, 3.05) is 6.54 Å². The molecule has 1 aromatic heterocycles. The van der Waals surface area contributed by atoms with E-state index in [0.717, 1.165) is 23.4 Å². The SMILES string of the molecule is O=C(NC(CC(=O)N1CCn2cccc2C1c1ccccc1)c1ccccc1)c1ccccc1Cl. The molecule has 5 rings (SSSR count). The van der Waals surface area contributed by atoms with E-state index in [0.29, 0.717) is 17.1 Å². The quantitative estimate of drug-likeness (QED) is 0.386. The fourth-order valence-corrected chi connectivity index (χ4v) is 4.97. The summed E-state index contributed by atoms with van der Waals surface area (Å²) in [6.45, 7) is 1.33. The first-order valence-electron chi connectivity index (χ1n) is 11.7. The Bertz CT molecular complexity index is 1320. The molecular weight excluding hydrogens is 458 g/mol. The van der Waals surface area contributed by atoms with Crippen molar-refractivity contribution >= 4 is 23.4 Å². The third-order valence-corrected chi connectivity index (χ3v) is 6.81. The molecular formula is C29H26ClN3O2. The number of fused-ring (bicyclic) bond motifs is 1. The molecule has 0 saturated carbocycles. The van der Waals surface area contributed by atoms with Gasteiger partial charge in [-0.15, -0.1) is 0 Å². The van der Waals surface area contributed by atoms with Crippen molar-refractivity contribution in [1.82, 2.24) is 14.8 Å². The van der Waals surface area contributed by atoms with Crippen LogP contribution in [0.25, 0.3) is 0 Å². The first-order valence-corrected chi connectivity index (χ1v) is 12.1. The van der Waals surface area contributed by atoms with Crippen molar-refractivity contribution in [3.8, 4) is 0 Å². The number of hydrogen-bond acceptors (Lipinski definition) is 2. The summed E-state index contributed by atoms with van der Waals surface area (Å²) in [4.78, 5) is 28.9. The lowest BCUT2D eigenvalue weighted by molar-refractivity contribution is -0.134. The summed E-state index contributed by atoms with van der Waals surface area (Å²) in [5, 5.41) is 3.43. The van der Waals surface area contributed by atoms with E-state index in [1.807, 2.05) is 59.5 Å². The Kier molecular flexibility index (Phi) is 6.68. The van der Waals surface area contributed by atoms with E-state index >= 15 is 0 Å². The highest BCUT2D eigenvalue weighted by Gasteiger charge is 2.33. The van der Waals surface area contributed by atoms with Crippen molar-refractivity contribution in [1.29, 1.82) is 0 Å². The van der Waals surface area contributed by atoms with Gasteiger partial charge in [-0.1, -0.05) is 84.4 Å². The Morgan fingerprint density at radius 2 is 1.54 bits per heavy atom. The molecule has 2 atom stereocenters. The van der Waals surface area contributed by atoms with Crippen molar-refractivity contribution in [2.45, 2.75) is 25.0 Å². The Balaban J connectivity index is 1.43. The minimum atomic E-state index is -0.488. The molecule has 176 valence electrons. The number of carbonyl (C=O) groups excluding carboxylic acids is 2. The number of nitrogens with one attached hydrogen (secondary N) is 1. The zero-order chi connectivity index (χ0) is 24.2. The lowest BCUT2D eigenvalue weighted by Gasteiger charge is -2.38. The molecule has 0 fully saturated rings. The molecule has 6 heteroatoms. The van der Waals surface area contributed by atoms with Crippen molar-refractivity contribution in [3.05, 3.63) is 131 Å². The molecule has 1 aliphatic heterocycles. The summed E-state index contributed by atoms with van der Waals surface area (Å²) in [5.74, 6) is -0.316. The maximum atomic E-state index is 13.8. The van der Waals surface area contributed by atoms with Crippen molar-refractivity contribution in [3.63, 3.8) is 0 Å². The zero-order valence-corrected chi connectivity index (χ0v) is 19.9. The van der Waals surface area contributed by atoms with Crippen molar-refractivity contribution < 1.29 is 9.59 Å². The van der Waals surface area contributed by atoms with Gasteiger partial charge >= 0.3 is 0 Å². The third kappa shape index (κ3) is 4.86. The van der Waals surface area contributed by atoms with Crippen LogP contribution in [0.3, 0.4) is 0 Å². The number of hydrogen-bond donors (Lipinski definition) is 1. The molecule has 5 nitrogen and oxygen atoms in total. The largest absolute Gasteiger partial charge is 0.348 e. The minimum absolute atomic E-state index is 0.0142. The van der Waals surface area contributed by atoms with Gasteiger partial charge in [0, 0.05) is 25.0 Å². The van der Waals surface area contributed by atoms with Crippen LogP contribution in [0.2, 0.25) is 5.02 Å². The number of rotatable bonds is 6. The highest BCUT2D eigenvalue weighted by molar-refractivity contribution is 6.33. The van der Waals surface area contributed by atoms with Gasteiger partial charge in [0.1, 0.15) is 0 Å². The van der Waals surface area contributed by atoms with Crippen LogP contribution in [-0.4, -0.2) is 27.8 Å². The lowest BCUT2D eigenvalue weighted by Crippen LogP contribution is -2.44. The van der Waals surface area contributed by atoms with Gasteiger partial charge in [0.05, 0.1) is 29.1 Å². The average Bonchev–Trinajstić information content (AvgIpc) is 3.38. The topological polar surface area (TPSA) is 54.3 Å². The number of nitrogens with zero attached hydrogens (tertiary/aromatic N) is 2. The molecule has 2 unspecified atom stereocenters. The highest BCUT2D eigenvalue weighted by atomic mass is 35.5. The summed E-state index contributed by atoms with van der Waals surface area (Å²) >= 11 is 6.26. The van der Waals surface area contributed by atoms with E-state index in [1.54, 1.807) is 24.3 Å². The van der Waals surface area contributed by atoms with Crippen LogP contribution >= 0.6 is 11.6 Å². The Hall–Kier alpha value is -3.83.